The van der Waals surface area contributed by atoms with E-state index in [1.165, 1.54) is 22.0 Å². The molecule has 1 aromatic carbocycles. The predicted molar refractivity (Wildman–Crippen MR) is 83.3 cm³/mol. The van der Waals surface area contributed by atoms with Crippen molar-refractivity contribution < 1.29 is 0 Å². The van der Waals surface area contributed by atoms with Crippen molar-refractivity contribution in [2.24, 2.45) is 0 Å². The standard InChI is InChI=1S/C17H24N2/c1-13(2)12-19-10-9-14-7-6-8-15(16(14)19)11-18-17(3,4)5/h6-10,18H,1,11-12H2,2-5H3. The van der Waals surface area contributed by atoms with Gasteiger partial charge in [-0.1, -0.05) is 30.4 Å². The van der Waals surface area contributed by atoms with Crippen LogP contribution in [-0.2, 0) is 13.1 Å². The molecule has 0 unspecified atom stereocenters. The Morgan fingerprint density at radius 2 is 2.00 bits per heavy atom. The lowest BCUT2D eigenvalue weighted by Crippen LogP contribution is -2.35. The van der Waals surface area contributed by atoms with Crippen molar-refractivity contribution in [1.29, 1.82) is 0 Å². The summed E-state index contributed by atoms with van der Waals surface area (Å²) in [6.45, 7) is 14.4. The summed E-state index contributed by atoms with van der Waals surface area (Å²) in [5, 5.41) is 4.87. The largest absolute Gasteiger partial charge is 0.343 e. The molecule has 0 fully saturated rings. The molecule has 0 aliphatic rings. The van der Waals surface area contributed by atoms with Gasteiger partial charge in [-0.3, -0.25) is 0 Å². The van der Waals surface area contributed by atoms with E-state index >= 15 is 0 Å². The molecule has 0 bridgehead atoms. The molecule has 19 heavy (non-hydrogen) atoms. The first kappa shape index (κ1) is 13.9. The zero-order valence-corrected chi connectivity index (χ0v) is 12.5. The number of hydrogen-bond acceptors (Lipinski definition) is 1. The van der Waals surface area contributed by atoms with Crippen LogP contribution in [0.25, 0.3) is 10.9 Å². The Morgan fingerprint density at radius 3 is 2.63 bits per heavy atom. The number of nitrogens with one attached hydrogen (secondary N) is 1. The topological polar surface area (TPSA) is 17.0 Å². The minimum atomic E-state index is 0.133. The van der Waals surface area contributed by atoms with Gasteiger partial charge in [0.2, 0.25) is 0 Å². The van der Waals surface area contributed by atoms with Crippen LogP contribution < -0.4 is 5.32 Å². The number of nitrogens with zero attached hydrogens (tertiary/aromatic N) is 1. The quantitative estimate of drug-likeness (QED) is 0.815. The monoisotopic (exact) mass is 256 g/mol. The van der Waals surface area contributed by atoms with Gasteiger partial charge in [-0.15, -0.1) is 0 Å². The minimum Gasteiger partial charge on any atom is -0.343 e. The molecule has 0 aliphatic heterocycles. The average molecular weight is 256 g/mol. The summed E-state index contributed by atoms with van der Waals surface area (Å²) in [6.07, 6.45) is 2.15. The molecule has 1 aromatic heterocycles. The summed E-state index contributed by atoms with van der Waals surface area (Å²) in [7, 11) is 0. The van der Waals surface area contributed by atoms with Crippen LogP contribution in [0.15, 0.2) is 42.6 Å². The molecule has 2 aromatic rings. The van der Waals surface area contributed by atoms with Crippen molar-refractivity contribution in [2.45, 2.75) is 46.3 Å². The predicted octanol–water partition coefficient (Wildman–Crippen LogP) is 4.11. The number of allylic oxidation sites excluding steroid dienone is 1. The molecular formula is C17H24N2. The minimum absolute atomic E-state index is 0.133. The first-order chi connectivity index (χ1) is 8.87. The number of para-hydroxylation sites is 1. The van der Waals surface area contributed by atoms with E-state index in [0.29, 0.717) is 0 Å². The van der Waals surface area contributed by atoms with Gasteiger partial charge < -0.3 is 9.88 Å². The van der Waals surface area contributed by atoms with Gasteiger partial charge in [-0.05, 0) is 44.7 Å². The summed E-state index contributed by atoms with van der Waals surface area (Å²) < 4.78 is 2.29. The van der Waals surface area contributed by atoms with Gasteiger partial charge in [-0.25, -0.2) is 0 Å². The molecule has 1 N–H and O–H groups in total. The molecule has 0 saturated heterocycles. The van der Waals surface area contributed by atoms with Gasteiger partial charge in [0.1, 0.15) is 0 Å². The molecule has 0 atom stereocenters. The summed E-state index contributed by atoms with van der Waals surface area (Å²) in [5.41, 5.74) is 3.98. The van der Waals surface area contributed by atoms with Crippen LogP contribution in [0.3, 0.4) is 0 Å². The van der Waals surface area contributed by atoms with Gasteiger partial charge in [0.25, 0.3) is 0 Å². The lowest BCUT2D eigenvalue weighted by Gasteiger charge is -2.21. The third kappa shape index (κ3) is 3.48. The van der Waals surface area contributed by atoms with E-state index in [2.05, 4.69) is 74.6 Å². The molecular weight excluding hydrogens is 232 g/mol. The Morgan fingerprint density at radius 1 is 1.26 bits per heavy atom. The van der Waals surface area contributed by atoms with E-state index in [9.17, 15) is 0 Å². The fourth-order valence-corrected chi connectivity index (χ4v) is 2.27. The molecule has 102 valence electrons. The summed E-state index contributed by atoms with van der Waals surface area (Å²) in [6, 6.07) is 8.69. The second-order valence-electron chi connectivity index (χ2n) is 6.36. The molecule has 0 spiro atoms. The normalized spacial score (nSPS) is 12.0. The first-order valence-corrected chi connectivity index (χ1v) is 6.83. The highest BCUT2D eigenvalue weighted by Crippen LogP contribution is 2.21. The summed E-state index contributed by atoms with van der Waals surface area (Å²) in [5.74, 6) is 0. The number of aromatic nitrogens is 1. The second-order valence-corrected chi connectivity index (χ2v) is 6.36. The SMILES string of the molecule is C=C(C)Cn1ccc2cccc(CNC(C)(C)C)c21. The molecule has 1 heterocycles. The lowest BCUT2D eigenvalue weighted by molar-refractivity contribution is 0.425. The molecule has 0 amide bonds. The van der Waals surface area contributed by atoms with E-state index in [1.807, 2.05) is 0 Å². The van der Waals surface area contributed by atoms with Crippen LogP contribution in [0.4, 0.5) is 0 Å². The van der Waals surface area contributed by atoms with Crippen LogP contribution in [0, 0.1) is 0 Å². The van der Waals surface area contributed by atoms with Crippen LogP contribution in [0.1, 0.15) is 33.3 Å². The lowest BCUT2D eigenvalue weighted by atomic mass is 10.1. The van der Waals surface area contributed by atoms with Crippen LogP contribution in [0.2, 0.25) is 0 Å². The maximum Gasteiger partial charge on any atom is 0.0528 e. The Kier molecular flexibility index (Phi) is 3.81. The highest BCUT2D eigenvalue weighted by molar-refractivity contribution is 5.83. The Labute approximate surface area is 116 Å². The number of benzene rings is 1. The zero-order chi connectivity index (χ0) is 14.0. The summed E-state index contributed by atoms with van der Waals surface area (Å²) >= 11 is 0. The highest BCUT2D eigenvalue weighted by atomic mass is 15.0. The van der Waals surface area contributed by atoms with Crippen molar-refractivity contribution in [3.05, 3.63) is 48.2 Å². The molecule has 0 radical (unpaired) electrons. The van der Waals surface area contributed by atoms with Gasteiger partial charge >= 0.3 is 0 Å². The Balaban J connectivity index is 2.37. The molecule has 2 heteroatoms. The summed E-state index contributed by atoms with van der Waals surface area (Å²) in [4.78, 5) is 0. The maximum absolute atomic E-state index is 4.02. The van der Waals surface area contributed by atoms with Crippen LogP contribution in [-0.4, -0.2) is 10.1 Å². The second kappa shape index (κ2) is 5.22. The third-order valence-electron chi connectivity index (χ3n) is 3.12. The fraction of sp³-hybridized carbons (Fsp3) is 0.412. The fourth-order valence-electron chi connectivity index (χ4n) is 2.27. The van der Waals surface area contributed by atoms with Crippen molar-refractivity contribution in [1.82, 2.24) is 9.88 Å². The van der Waals surface area contributed by atoms with Gasteiger partial charge in [-0.2, -0.15) is 0 Å². The van der Waals surface area contributed by atoms with Gasteiger partial charge in [0, 0.05) is 24.8 Å². The third-order valence-corrected chi connectivity index (χ3v) is 3.12. The number of rotatable bonds is 4. The van der Waals surface area contributed by atoms with Crippen molar-refractivity contribution >= 4 is 10.9 Å². The van der Waals surface area contributed by atoms with Crippen molar-refractivity contribution in [2.75, 3.05) is 0 Å². The van der Waals surface area contributed by atoms with Gasteiger partial charge in [0.15, 0.2) is 0 Å². The molecule has 0 aliphatic carbocycles. The van der Waals surface area contributed by atoms with Gasteiger partial charge in [0.05, 0.1) is 5.52 Å². The smallest absolute Gasteiger partial charge is 0.0528 e. The van der Waals surface area contributed by atoms with E-state index in [1.54, 1.807) is 0 Å². The molecule has 0 saturated carbocycles. The first-order valence-electron chi connectivity index (χ1n) is 6.83. The highest BCUT2D eigenvalue weighted by Gasteiger charge is 2.11. The van der Waals surface area contributed by atoms with E-state index in [-0.39, 0.29) is 5.54 Å². The van der Waals surface area contributed by atoms with E-state index in [4.69, 9.17) is 0 Å². The van der Waals surface area contributed by atoms with Crippen LogP contribution >= 0.6 is 0 Å². The Hall–Kier alpha value is -1.54. The zero-order valence-electron chi connectivity index (χ0n) is 12.5. The number of fused-ring (bicyclic) bond motifs is 1. The molecule has 2 rings (SSSR count). The van der Waals surface area contributed by atoms with Crippen molar-refractivity contribution in [3.63, 3.8) is 0 Å². The van der Waals surface area contributed by atoms with Crippen LogP contribution in [0.5, 0.6) is 0 Å². The van der Waals surface area contributed by atoms with E-state index < -0.39 is 0 Å². The maximum atomic E-state index is 4.02. The number of hydrogen-bond donors (Lipinski definition) is 1. The van der Waals surface area contributed by atoms with Crippen molar-refractivity contribution in [3.8, 4) is 0 Å². The Bertz CT molecular complexity index is 585. The van der Waals surface area contributed by atoms with E-state index in [0.717, 1.165) is 13.1 Å². The molecule has 2 nitrogen and oxygen atoms in total. The average Bonchev–Trinajstić information content (AvgIpc) is 2.69.